The number of amides is 1. The highest BCUT2D eigenvalue weighted by molar-refractivity contribution is 7.92. The van der Waals surface area contributed by atoms with Gasteiger partial charge in [0, 0.05) is 5.02 Å². The van der Waals surface area contributed by atoms with E-state index in [2.05, 4.69) is 10.5 Å². The number of ether oxygens (including phenoxy) is 1. The second kappa shape index (κ2) is 10.3. The molecule has 0 aliphatic carbocycles. The molecule has 0 spiro atoms. The number of anilines is 1. The lowest BCUT2D eigenvalue weighted by Gasteiger charge is -2.23. The maximum atomic E-state index is 13.3. The van der Waals surface area contributed by atoms with E-state index in [1.165, 1.54) is 37.6 Å². The lowest BCUT2D eigenvalue weighted by molar-refractivity contribution is -0.119. The van der Waals surface area contributed by atoms with Crippen LogP contribution in [0.5, 0.6) is 5.75 Å². The zero-order chi connectivity index (χ0) is 23.1. The summed E-state index contributed by atoms with van der Waals surface area (Å²) in [5.74, 6) is -0.0776. The number of hydrogen-bond donors (Lipinski definition) is 1. The van der Waals surface area contributed by atoms with Crippen LogP contribution in [0.3, 0.4) is 0 Å². The van der Waals surface area contributed by atoms with Crippen LogP contribution < -0.4 is 14.5 Å². The predicted molar refractivity (Wildman–Crippen MR) is 126 cm³/mol. The molecule has 3 aromatic carbocycles. The number of rotatable bonds is 8. The molecule has 0 aliphatic rings. The molecule has 0 unspecified atom stereocenters. The molecule has 0 atom stereocenters. The van der Waals surface area contributed by atoms with E-state index in [1.54, 1.807) is 24.3 Å². The van der Waals surface area contributed by atoms with Gasteiger partial charge in [0.25, 0.3) is 15.9 Å². The molecule has 1 amide bonds. The molecule has 0 aliphatic heterocycles. The van der Waals surface area contributed by atoms with Crippen molar-refractivity contribution in [2.45, 2.75) is 11.8 Å². The van der Waals surface area contributed by atoms with Crippen molar-refractivity contribution in [1.82, 2.24) is 5.43 Å². The Morgan fingerprint density at radius 1 is 1.09 bits per heavy atom. The first-order valence-electron chi connectivity index (χ1n) is 9.60. The normalized spacial score (nSPS) is 11.3. The van der Waals surface area contributed by atoms with Crippen LogP contribution in [-0.2, 0) is 14.8 Å². The molecule has 166 valence electrons. The number of hydrogen-bond acceptors (Lipinski definition) is 5. The number of nitrogens with one attached hydrogen (secondary N) is 1. The van der Waals surface area contributed by atoms with E-state index in [0.29, 0.717) is 16.5 Å². The van der Waals surface area contributed by atoms with Gasteiger partial charge in [-0.25, -0.2) is 13.8 Å². The first-order chi connectivity index (χ1) is 15.3. The van der Waals surface area contributed by atoms with E-state index in [0.717, 1.165) is 15.4 Å². The standard InChI is InChI=1S/C23H22ClN3O4S/c1-17-4-3-5-18(14-17)15-25-26-23(28)16-27(20-8-6-19(24)7-9-20)32(29,30)22-12-10-21(31-2)11-13-22/h3-15H,16H2,1-2H3,(H,26,28)/b25-15-. The number of sulfonamides is 1. The molecule has 0 radical (unpaired) electrons. The molecular weight excluding hydrogens is 450 g/mol. The highest BCUT2D eigenvalue weighted by Crippen LogP contribution is 2.26. The molecule has 3 rings (SSSR count). The summed E-state index contributed by atoms with van der Waals surface area (Å²) in [5.41, 5.74) is 4.54. The fourth-order valence-corrected chi connectivity index (χ4v) is 4.44. The average molecular weight is 472 g/mol. The van der Waals surface area contributed by atoms with Gasteiger partial charge in [0.1, 0.15) is 12.3 Å². The van der Waals surface area contributed by atoms with Crippen molar-refractivity contribution < 1.29 is 17.9 Å². The first kappa shape index (κ1) is 23.3. The van der Waals surface area contributed by atoms with Gasteiger partial charge in [-0.3, -0.25) is 9.10 Å². The van der Waals surface area contributed by atoms with E-state index in [4.69, 9.17) is 16.3 Å². The number of hydrazone groups is 1. The van der Waals surface area contributed by atoms with E-state index in [1.807, 2.05) is 31.2 Å². The molecule has 0 heterocycles. The van der Waals surface area contributed by atoms with Crippen molar-refractivity contribution in [2.24, 2.45) is 5.10 Å². The van der Waals surface area contributed by atoms with Gasteiger partial charge in [0.05, 0.1) is 23.9 Å². The zero-order valence-electron chi connectivity index (χ0n) is 17.5. The smallest absolute Gasteiger partial charge is 0.264 e. The number of carbonyl (C=O) groups is 1. The van der Waals surface area contributed by atoms with Gasteiger partial charge in [-0.2, -0.15) is 5.10 Å². The Bertz CT molecular complexity index is 1210. The lowest BCUT2D eigenvalue weighted by Crippen LogP contribution is -2.39. The molecule has 3 aromatic rings. The Morgan fingerprint density at radius 2 is 1.78 bits per heavy atom. The highest BCUT2D eigenvalue weighted by Gasteiger charge is 2.27. The number of halogens is 1. The topological polar surface area (TPSA) is 88.1 Å². The second-order valence-corrected chi connectivity index (χ2v) is 9.17. The van der Waals surface area contributed by atoms with Crippen LogP contribution in [0.1, 0.15) is 11.1 Å². The van der Waals surface area contributed by atoms with Crippen molar-refractivity contribution in [3.63, 3.8) is 0 Å². The summed E-state index contributed by atoms with van der Waals surface area (Å²) in [7, 11) is -2.56. The molecule has 0 saturated heterocycles. The third-order valence-corrected chi connectivity index (χ3v) is 6.53. The molecule has 32 heavy (non-hydrogen) atoms. The second-order valence-electron chi connectivity index (χ2n) is 6.87. The fraction of sp³-hybridized carbons (Fsp3) is 0.130. The Balaban J connectivity index is 1.84. The Labute approximate surface area is 192 Å². The monoisotopic (exact) mass is 471 g/mol. The summed E-state index contributed by atoms with van der Waals surface area (Å²) >= 11 is 5.94. The van der Waals surface area contributed by atoms with Crippen molar-refractivity contribution in [1.29, 1.82) is 0 Å². The first-order valence-corrected chi connectivity index (χ1v) is 11.4. The number of nitrogens with zero attached hydrogens (tertiary/aromatic N) is 2. The van der Waals surface area contributed by atoms with Crippen LogP contribution in [0.15, 0.2) is 82.8 Å². The van der Waals surface area contributed by atoms with Crippen molar-refractivity contribution in [2.75, 3.05) is 18.0 Å². The Morgan fingerprint density at radius 3 is 2.41 bits per heavy atom. The molecule has 9 heteroatoms. The maximum Gasteiger partial charge on any atom is 0.264 e. The van der Waals surface area contributed by atoms with Crippen molar-refractivity contribution in [3.05, 3.63) is 88.9 Å². The van der Waals surface area contributed by atoms with Crippen molar-refractivity contribution in [3.8, 4) is 5.75 Å². The van der Waals surface area contributed by atoms with Crippen LogP contribution in [0, 0.1) is 6.92 Å². The molecule has 7 nitrogen and oxygen atoms in total. The van der Waals surface area contributed by atoms with Crippen LogP contribution >= 0.6 is 11.6 Å². The molecule has 0 bridgehead atoms. The number of carbonyl (C=O) groups excluding carboxylic acids is 1. The number of benzene rings is 3. The quantitative estimate of drug-likeness (QED) is 0.397. The van der Waals surface area contributed by atoms with Crippen LogP contribution in [0.2, 0.25) is 5.02 Å². The highest BCUT2D eigenvalue weighted by atomic mass is 35.5. The molecule has 1 N–H and O–H groups in total. The van der Waals surface area contributed by atoms with Crippen molar-refractivity contribution >= 4 is 39.4 Å². The van der Waals surface area contributed by atoms with Gasteiger partial charge >= 0.3 is 0 Å². The van der Waals surface area contributed by atoms with Gasteiger partial charge in [-0.1, -0.05) is 41.4 Å². The van der Waals surface area contributed by atoms with Crippen LogP contribution in [0.25, 0.3) is 0 Å². The lowest BCUT2D eigenvalue weighted by atomic mass is 10.2. The van der Waals surface area contributed by atoms with Gasteiger partial charge in [-0.15, -0.1) is 0 Å². The largest absolute Gasteiger partial charge is 0.497 e. The fourth-order valence-electron chi connectivity index (χ4n) is 2.89. The van der Waals surface area contributed by atoms with E-state index < -0.39 is 22.5 Å². The predicted octanol–water partition coefficient (Wildman–Crippen LogP) is 4.00. The molecular formula is C23H22ClN3O4S. The summed E-state index contributed by atoms with van der Waals surface area (Å²) in [6.45, 7) is 1.48. The van der Waals surface area contributed by atoms with Gasteiger partial charge < -0.3 is 4.74 Å². The van der Waals surface area contributed by atoms with Gasteiger partial charge in [0.15, 0.2) is 0 Å². The minimum absolute atomic E-state index is 0.0179. The SMILES string of the molecule is COc1ccc(S(=O)(=O)N(CC(=O)N/N=C\c2cccc(C)c2)c2ccc(Cl)cc2)cc1. The average Bonchev–Trinajstić information content (AvgIpc) is 2.78. The van der Waals surface area contributed by atoms with Crippen LogP contribution in [-0.4, -0.2) is 34.2 Å². The molecule has 0 aromatic heterocycles. The summed E-state index contributed by atoms with van der Waals surface area (Å²) in [6.07, 6.45) is 1.50. The third-order valence-electron chi connectivity index (χ3n) is 4.49. The van der Waals surface area contributed by atoms with Gasteiger partial charge in [0.2, 0.25) is 0 Å². The molecule has 0 fully saturated rings. The minimum Gasteiger partial charge on any atom is -0.497 e. The third kappa shape index (κ3) is 5.87. The Kier molecular flexibility index (Phi) is 7.50. The zero-order valence-corrected chi connectivity index (χ0v) is 19.1. The van der Waals surface area contributed by atoms with E-state index in [-0.39, 0.29) is 4.90 Å². The van der Waals surface area contributed by atoms with E-state index >= 15 is 0 Å². The number of methoxy groups -OCH3 is 1. The summed E-state index contributed by atoms with van der Waals surface area (Å²) in [5, 5.41) is 4.38. The Hall–Kier alpha value is -3.36. The summed E-state index contributed by atoms with van der Waals surface area (Å²) < 4.78 is 32.7. The van der Waals surface area contributed by atoms with E-state index in [9.17, 15) is 13.2 Å². The summed E-state index contributed by atoms with van der Waals surface area (Å²) in [6, 6.07) is 19.7. The maximum absolute atomic E-state index is 13.3. The number of aryl methyl sites for hydroxylation is 1. The van der Waals surface area contributed by atoms with Crippen LogP contribution in [0.4, 0.5) is 5.69 Å². The molecule has 0 saturated carbocycles. The van der Waals surface area contributed by atoms with Gasteiger partial charge in [-0.05, 0) is 61.0 Å². The minimum atomic E-state index is -4.05. The summed E-state index contributed by atoms with van der Waals surface area (Å²) in [4.78, 5) is 12.6.